The topological polar surface area (TPSA) is 29.5 Å². The van der Waals surface area contributed by atoms with Gasteiger partial charge in [-0.05, 0) is 28.6 Å². The minimum absolute atomic E-state index is 0.720. The van der Waals surface area contributed by atoms with Crippen LogP contribution >= 0.6 is 6.49 Å². The average molecular weight is 238 g/mol. The number of rotatable bonds is 2. The largest absolute Gasteiger partial charge is 0.342 e. The Morgan fingerprint density at radius 3 is 2.53 bits per heavy atom. The summed E-state index contributed by atoms with van der Waals surface area (Å²) in [6.45, 7) is -2.84. The van der Waals surface area contributed by atoms with E-state index in [1.165, 1.54) is 7.11 Å². The Bertz CT molecular complexity index is 534. The van der Waals surface area contributed by atoms with Crippen LogP contribution in [-0.2, 0) is 16.3 Å². The maximum Gasteiger partial charge on any atom is 0.217 e. The predicted molar refractivity (Wildman–Crippen MR) is 67.1 cm³/mol. The lowest BCUT2D eigenvalue weighted by Gasteiger charge is -2.15. The lowest BCUT2D eigenvalue weighted by atomic mass is 10.1. The highest BCUT2D eigenvalue weighted by Crippen LogP contribution is 2.41. The predicted octanol–water partition coefficient (Wildman–Crippen LogP) is 2.41. The van der Waals surface area contributed by atoms with Crippen LogP contribution in [0.2, 0.25) is 0 Å². The highest BCUT2D eigenvalue weighted by atomic mass is 32.5. The van der Waals surface area contributed by atoms with Gasteiger partial charge in [0.1, 0.15) is 0 Å². The third-order valence-electron chi connectivity index (χ3n) is 2.32. The van der Waals surface area contributed by atoms with Crippen LogP contribution in [0.1, 0.15) is 0 Å². The zero-order chi connectivity index (χ0) is 10.9. The average Bonchev–Trinajstić information content (AvgIpc) is 2.28. The summed E-state index contributed by atoms with van der Waals surface area (Å²) in [5, 5.41) is 2.75. The maximum absolute atomic E-state index is 10.00. The molecular formula is C11H11O2PS. The summed E-state index contributed by atoms with van der Waals surface area (Å²) in [7, 11) is 1.45. The van der Waals surface area contributed by atoms with E-state index in [1.54, 1.807) is 0 Å². The van der Waals surface area contributed by atoms with Crippen molar-refractivity contribution in [2.24, 2.45) is 0 Å². The van der Waals surface area contributed by atoms with Gasteiger partial charge in [0.2, 0.25) is 6.49 Å². The molecule has 0 aromatic heterocycles. The second-order valence-electron chi connectivity index (χ2n) is 3.20. The SMILES string of the molecule is COP(O)(=S)c1cccc2ccccc12. The van der Waals surface area contributed by atoms with Crippen molar-refractivity contribution in [1.29, 1.82) is 0 Å². The van der Waals surface area contributed by atoms with Crippen LogP contribution in [0.15, 0.2) is 42.5 Å². The van der Waals surface area contributed by atoms with E-state index < -0.39 is 6.49 Å². The fourth-order valence-corrected chi connectivity index (χ4v) is 3.01. The molecule has 0 fully saturated rings. The molecule has 1 N–H and O–H groups in total. The summed E-state index contributed by atoms with van der Waals surface area (Å²) in [4.78, 5) is 10.00. The molecule has 0 heterocycles. The standard InChI is InChI=1S/C11H11O2PS/c1-13-14(12,15)11-8-4-6-9-5-2-3-7-10(9)11/h2-8H,1H3,(H,12,15). The summed E-state index contributed by atoms with van der Waals surface area (Å²) in [6.07, 6.45) is 0. The van der Waals surface area contributed by atoms with Crippen molar-refractivity contribution < 1.29 is 9.42 Å². The molecule has 0 radical (unpaired) electrons. The zero-order valence-electron chi connectivity index (χ0n) is 8.25. The number of hydrogen-bond acceptors (Lipinski definition) is 2. The van der Waals surface area contributed by atoms with Crippen LogP contribution < -0.4 is 5.30 Å². The van der Waals surface area contributed by atoms with Gasteiger partial charge >= 0.3 is 0 Å². The van der Waals surface area contributed by atoms with Crippen molar-refractivity contribution in [2.45, 2.75) is 0 Å². The van der Waals surface area contributed by atoms with Gasteiger partial charge in [-0.1, -0.05) is 36.4 Å². The third kappa shape index (κ3) is 1.97. The molecule has 1 unspecified atom stereocenters. The first kappa shape index (κ1) is 10.8. The van der Waals surface area contributed by atoms with Gasteiger partial charge in [0.25, 0.3) is 0 Å². The first-order valence-corrected chi connectivity index (χ1v) is 7.19. The second kappa shape index (κ2) is 4.03. The fraction of sp³-hybridized carbons (Fsp3) is 0.0909. The maximum atomic E-state index is 10.00. The molecule has 2 aromatic rings. The van der Waals surface area contributed by atoms with Crippen LogP contribution in [0.3, 0.4) is 0 Å². The molecule has 0 aliphatic heterocycles. The summed E-state index contributed by atoms with van der Waals surface area (Å²) in [6, 6.07) is 13.5. The molecule has 2 nitrogen and oxygen atoms in total. The van der Waals surface area contributed by atoms with Crippen molar-refractivity contribution in [3.63, 3.8) is 0 Å². The molecule has 0 spiro atoms. The molecule has 0 saturated heterocycles. The van der Waals surface area contributed by atoms with Crippen LogP contribution in [0.5, 0.6) is 0 Å². The smallest absolute Gasteiger partial charge is 0.217 e. The van der Waals surface area contributed by atoms with E-state index in [0.29, 0.717) is 0 Å². The Morgan fingerprint density at radius 1 is 1.13 bits per heavy atom. The quantitative estimate of drug-likeness (QED) is 0.815. The molecule has 1 atom stereocenters. The zero-order valence-corrected chi connectivity index (χ0v) is 9.96. The van der Waals surface area contributed by atoms with E-state index in [0.717, 1.165) is 16.1 Å². The first-order chi connectivity index (χ1) is 7.15. The summed E-state index contributed by atoms with van der Waals surface area (Å²) in [5.74, 6) is 0. The van der Waals surface area contributed by atoms with E-state index in [9.17, 15) is 4.89 Å². The Hall–Kier alpha value is -0.730. The van der Waals surface area contributed by atoms with Crippen LogP contribution in [-0.4, -0.2) is 12.0 Å². The van der Waals surface area contributed by atoms with Gasteiger partial charge in [0, 0.05) is 12.4 Å². The van der Waals surface area contributed by atoms with Crippen molar-refractivity contribution in [2.75, 3.05) is 7.11 Å². The number of hydrogen-bond donors (Lipinski definition) is 1. The summed E-state index contributed by atoms with van der Waals surface area (Å²) < 4.78 is 5.01. The Morgan fingerprint density at radius 2 is 1.80 bits per heavy atom. The molecular weight excluding hydrogens is 227 g/mol. The molecule has 0 aliphatic rings. The van der Waals surface area contributed by atoms with Gasteiger partial charge in [0.15, 0.2) is 0 Å². The molecule has 15 heavy (non-hydrogen) atoms. The highest BCUT2D eigenvalue weighted by Gasteiger charge is 2.17. The Balaban J connectivity index is 2.77. The van der Waals surface area contributed by atoms with Gasteiger partial charge in [-0.15, -0.1) is 0 Å². The minimum atomic E-state index is -2.84. The summed E-state index contributed by atoms with van der Waals surface area (Å²) >= 11 is 5.08. The normalized spacial score (nSPS) is 15.1. The summed E-state index contributed by atoms with van der Waals surface area (Å²) in [5.41, 5.74) is 0. The molecule has 0 saturated carbocycles. The fourth-order valence-electron chi connectivity index (χ4n) is 1.55. The molecule has 4 heteroatoms. The van der Waals surface area contributed by atoms with Crippen LogP contribution in [0.25, 0.3) is 10.8 Å². The second-order valence-corrected chi connectivity index (χ2v) is 6.57. The molecule has 0 bridgehead atoms. The Kier molecular flexibility index (Phi) is 2.89. The van der Waals surface area contributed by atoms with Gasteiger partial charge in [-0.25, -0.2) is 0 Å². The number of fused-ring (bicyclic) bond motifs is 1. The van der Waals surface area contributed by atoms with Gasteiger partial charge in [0.05, 0.1) is 0 Å². The molecule has 2 aromatic carbocycles. The molecule has 0 aliphatic carbocycles. The lowest BCUT2D eigenvalue weighted by molar-refractivity contribution is 0.398. The van der Waals surface area contributed by atoms with Crippen molar-refractivity contribution in [3.05, 3.63) is 42.5 Å². The monoisotopic (exact) mass is 238 g/mol. The van der Waals surface area contributed by atoms with E-state index in [2.05, 4.69) is 0 Å². The van der Waals surface area contributed by atoms with E-state index in [4.69, 9.17) is 16.3 Å². The minimum Gasteiger partial charge on any atom is -0.342 e. The van der Waals surface area contributed by atoms with Crippen molar-refractivity contribution in [3.8, 4) is 0 Å². The Labute approximate surface area is 93.7 Å². The van der Waals surface area contributed by atoms with Crippen LogP contribution in [0.4, 0.5) is 0 Å². The van der Waals surface area contributed by atoms with Gasteiger partial charge in [-0.2, -0.15) is 0 Å². The third-order valence-corrected chi connectivity index (χ3v) is 4.85. The van der Waals surface area contributed by atoms with E-state index in [-0.39, 0.29) is 0 Å². The molecule has 2 rings (SSSR count). The lowest BCUT2D eigenvalue weighted by Crippen LogP contribution is -2.06. The number of benzene rings is 2. The highest BCUT2D eigenvalue weighted by molar-refractivity contribution is 8.13. The molecule has 0 amide bonds. The van der Waals surface area contributed by atoms with E-state index in [1.807, 2.05) is 42.5 Å². The van der Waals surface area contributed by atoms with Gasteiger partial charge < -0.3 is 9.42 Å². The first-order valence-electron chi connectivity index (χ1n) is 4.52. The van der Waals surface area contributed by atoms with Crippen molar-refractivity contribution in [1.82, 2.24) is 0 Å². The molecule has 78 valence electrons. The van der Waals surface area contributed by atoms with Gasteiger partial charge in [-0.3, -0.25) is 0 Å². The van der Waals surface area contributed by atoms with E-state index >= 15 is 0 Å². The van der Waals surface area contributed by atoms with Crippen LogP contribution in [0, 0.1) is 0 Å². The van der Waals surface area contributed by atoms with Crippen molar-refractivity contribution >= 4 is 34.4 Å².